The summed E-state index contributed by atoms with van der Waals surface area (Å²) in [5.74, 6) is 1.47. The quantitative estimate of drug-likeness (QED) is 0.819. The molecule has 0 N–H and O–H groups in total. The highest BCUT2D eigenvalue weighted by Crippen LogP contribution is 2.24. The molecule has 1 heterocycles. The molecule has 110 valence electrons. The summed E-state index contributed by atoms with van der Waals surface area (Å²) < 4.78 is 10.8. The van der Waals surface area contributed by atoms with Crippen molar-refractivity contribution >= 4 is 5.78 Å². The van der Waals surface area contributed by atoms with Gasteiger partial charge in [0, 0.05) is 17.3 Å². The Balaban J connectivity index is 2.00. The van der Waals surface area contributed by atoms with Crippen LogP contribution < -0.4 is 9.47 Å². The van der Waals surface area contributed by atoms with E-state index in [1.54, 1.807) is 13.3 Å². The van der Waals surface area contributed by atoms with Crippen molar-refractivity contribution in [3.05, 3.63) is 53.3 Å². The molecule has 0 saturated heterocycles. The Morgan fingerprint density at radius 3 is 2.57 bits per heavy atom. The molecule has 2 rings (SSSR count). The highest BCUT2D eigenvalue weighted by molar-refractivity contribution is 5.82. The maximum atomic E-state index is 12.0. The van der Waals surface area contributed by atoms with Gasteiger partial charge < -0.3 is 9.47 Å². The summed E-state index contributed by atoms with van der Waals surface area (Å²) in [6, 6.07) is 9.30. The van der Waals surface area contributed by atoms with E-state index in [4.69, 9.17) is 9.47 Å². The van der Waals surface area contributed by atoms with Gasteiger partial charge in [0.25, 0.3) is 0 Å². The second-order valence-electron chi connectivity index (χ2n) is 4.86. The molecule has 1 aromatic carbocycles. The minimum Gasteiger partial charge on any atom is -0.496 e. The average molecular weight is 285 g/mol. The number of carbonyl (C=O) groups is 1. The summed E-state index contributed by atoms with van der Waals surface area (Å²) in [6.07, 6.45) is 1.97. The lowest BCUT2D eigenvalue weighted by Crippen LogP contribution is -2.15. The van der Waals surface area contributed by atoms with E-state index in [2.05, 4.69) is 4.98 Å². The Bertz CT molecular complexity index is 623. The van der Waals surface area contributed by atoms with E-state index in [1.165, 1.54) is 0 Å². The number of Topliss-reactive ketones (excluding diaryl/α,β-unsaturated/α-hetero) is 1. The predicted molar refractivity (Wildman–Crippen MR) is 80.9 cm³/mol. The smallest absolute Gasteiger partial charge is 0.176 e. The predicted octanol–water partition coefficient (Wildman–Crippen LogP) is 2.90. The van der Waals surface area contributed by atoms with E-state index < -0.39 is 0 Å². The maximum Gasteiger partial charge on any atom is 0.176 e. The number of ketones is 1. The van der Waals surface area contributed by atoms with Crippen LogP contribution in [0, 0.1) is 13.8 Å². The molecule has 0 radical (unpaired) electrons. The molecule has 0 aliphatic rings. The summed E-state index contributed by atoms with van der Waals surface area (Å²) in [5.41, 5.74) is 2.61. The number of rotatable bonds is 6. The number of methoxy groups -OCH3 is 1. The fraction of sp³-hybridized carbons (Fsp3) is 0.294. The fourth-order valence-corrected chi connectivity index (χ4v) is 2.17. The monoisotopic (exact) mass is 285 g/mol. The van der Waals surface area contributed by atoms with Crippen LogP contribution in [0.4, 0.5) is 0 Å². The van der Waals surface area contributed by atoms with Gasteiger partial charge in [-0.3, -0.25) is 9.78 Å². The number of ether oxygens (including phenoxy) is 2. The third-order valence-corrected chi connectivity index (χ3v) is 3.26. The Labute approximate surface area is 124 Å². The van der Waals surface area contributed by atoms with Gasteiger partial charge in [-0.15, -0.1) is 0 Å². The van der Waals surface area contributed by atoms with Crippen molar-refractivity contribution in [2.24, 2.45) is 0 Å². The van der Waals surface area contributed by atoms with Gasteiger partial charge in [-0.1, -0.05) is 18.2 Å². The molecule has 0 spiro atoms. The number of carbonyl (C=O) groups excluding carboxylic acids is 1. The number of hydrogen-bond donors (Lipinski definition) is 0. The molecule has 0 aliphatic heterocycles. The van der Waals surface area contributed by atoms with Crippen LogP contribution >= 0.6 is 0 Å². The minimum absolute atomic E-state index is 0.0136. The SMILES string of the molecule is COc1c(C)cnc(CC(=O)COc2ccccc2)c1C. The van der Waals surface area contributed by atoms with Crippen LogP contribution in [-0.2, 0) is 11.2 Å². The summed E-state index contributed by atoms with van der Waals surface area (Å²) in [5, 5.41) is 0. The van der Waals surface area contributed by atoms with E-state index in [1.807, 2.05) is 44.2 Å². The van der Waals surface area contributed by atoms with Gasteiger partial charge in [0.15, 0.2) is 5.78 Å². The number of para-hydroxylation sites is 1. The normalized spacial score (nSPS) is 10.2. The first-order valence-electron chi connectivity index (χ1n) is 6.80. The second-order valence-corrected chi connectivity index (χ2v) is 4.86. The van der Waals surface area contributed by atoms with Crippen LogP contribution in [0.3, 0.4) is 0 Å². The van der Waals surface area contributed by atoms with Crippen LogP contribution in [0.15, 0.2) is 36.5 Å². The Morgan fingerprint density at radius 1 is 1.19 bits per heavy atom. The fourth-order valence-electron chi connectivity index (χ4n) is 2.17. The van der Waals surface area contributed by atoms with E-state index in [9.17, 15) is 4.79 Å². The molecule has 4 nitrogen and oxygen atoms in total. The van der Waals surface area contributed by atoms with Crippen molar-refractivity contribution in [2.75, 3.05) is 13.7 Å². The van der Waals surface area contributed by atoms with E-state index in [-0.39, 0.29) is 18.8 Å². The lowest BCUT2D eigenvalue weighted by Gasteiger charge is -2.12. The van der Waals surface area contributed by atoms with Crippen molar-refractivity contribution in [1.82, 2.24) is 4.98 Å². The molecule has 0 aliphatic carbocycles. The summed E-state index contributed by atoms with van der Waals surface area (Å²) in [6.45, 7) is 3.89. The van der Waals surface area contributed by atoms with E-state index in [0.717, 1.165) is 22.6 Å². The maximum absolute atomic E-state index is 12.0. The topological polar surface area (TPSA) is 48.4 Å². The Morgan fingerprint density at radius 2 is 1.90 bits per heavy atom. The zero-order valence-electron chi connectivity index (χ0n) is 12.6. The van der Waals surface area contributed by atoms with E-state index in [0.29, 0.717) is 5.75 Å². The average Bonchev–Trinajstić information content (AvgIpc) is 2.50. The summed E-state index contributed by atoms with van der Waals surface area (Å²) in [7, 11) is 1.62. The van der Waals surface area contributed by atoms with E-state index >= 15 is 0 Å². The molecule has 0 unspecified atom stereocenters. The van der Waals surface area contributed by atoms with Crippen molar-refractivity contribution < 1.29 is 14.3 Å². The van der Waals surface area contributed by atoms with Crippen molar-refractivity contribution in [3.8, 4) is 11.5 Å². The molecule has 4 heteroatoms. The van der Waals surface area contributed by atoms with Crippen molar-refractivity contribution in [2.45, 2.75) is 20.3 Å². The third-order valence-electron chi connectivity index (χ3n) is 3.26. The number of aromatic nitrogens is 1. The van der Waals surface area contributed by atoms with Gasteiger partial charge in [-0.25, -0.2) is 0 Å². The lowest BCUT2D eigenvalue weighted by molar-refractivity contribution is -0.120. The summed E-state index contributed by atoms with van der Waals surface area (Å²) in [4.78, 5) is 16.3. The molecular weight excluding hydrogens is 266 g/mol. The Hall–Kier alpha value is -2.36. The van der Waals surface area contributed by atoms with Gasteiger partial charge in [-0.05, 0) is 26.0 Å². The highest BCUT2D eigenvalue weighted by Gasteiger charge is 2.13. The molecule has 21 heavy (non-hydrogen) atoms. The molecule has 0 atom stereocenters. The van der Waals surface area contributed by atoms with Gasteiger partial charge in [0.05, 0.1) is 19.2 Å². The highest BCUT2D eigenvalue weighted by atomic mass is 16.5. The van der Waals surface area contributed by atoms with Crippen LogP contribution in [0.2, 0.25) is 0 Å². The van der Waals surface area contributed by atoms with Gasteiger partial charge in [-0.2, -0.15) is 0 Å². The molecule has 2 aromatic rings. The Kier molecular flexibility index (Phi) is 4.93. The van der Waals surface area contributed by atoms with Gasteiger partial charge in [0.2, 0.25) is 0 Å². The van der Waals surface area contributed by atoms with Crippen LogP contribution in [0.1, 0.15) is 16.8 Å². The van der Waals surface area contributed by atoms with Crippen LogP contribution in [0.25, 0.3) is 0 Å². The zero-order chi connectivity index (χ0) is 15.2. The molecule has 1 aromatic heterocycles. The molecule has 0 fully saturated rings. The van der Waals surface area contributed by atoms with Crippen LogP contribution in [0.5, 0.6) is 11.5 Å². The zero-order valence-corrected chi connectivity index (χ0v) is 12.6. The van der Waals surface area contributed by atoms with Crippen molar-refractivity contribution in [1.29, 1.82) is 0 Å². The number of nitrogens with zero attached hydrogens (tertiary/aromatic N) is 1. The third kappa shape index (κ3) is 3.81. The second kappa shape index (κ2) is 6.88. The first-order chi connectivity index (χ1) is 10.1. The van der Waals surface area contributed by atoms with Crippen LogP contribution in [-0.4, -0.2) is 24.5 Å². The standard InChI is InChI=1S/C17H19NO3/c1-12-10-18-16(13(2)17(12)20-3)9-14(19)11-21-15-7-5-4-6-8-15/h4-8,10H,9,11H2,1-3H3. The molecular formula is C17H19NO3. The molecule has 0 amide bonds. The first-order valence-corrected chi connectivity index (χ1v) is 6.80. The lowest BCUT2D eigenvalue weighted by atomic mass is 10.1. The molecule has 0 bridgehead atoms. The summed E-state index contributed by atoms with van der Waals surface area (Å²) >= 11 is 0. The number of aryl methyl sites for hydroxylation is 1. The molecule has 0 saturated carbocycles. The van der Waals surface area contributed by atoms with Crippen molar-refractivity contribution in [3.63, 3.8) is 0 Å². The van der Waals surface area contributed by atoms with Gasteiger partial charge >= 0.3 is 0 Å². The number of benzene rings is 1. The number of pyridine rings is 1. The largest absolute Gasteiger partial charge is 0.496 e. The van der Waals surface area contributed by atoms with Gasteiger partial charge in [0.1, 0.15) is 18.1 Å². The first kappa shape index (κ1) is 15.0. The number of hydrogen-bond acceptors (Lipinski definition) is 4. The minimum atomic E-state index is -0.0136.